The summed E-state index contributed by atoms with van der Waals surface area (Å²) in [6.45, 7) is 5.96. The van der Waals surface area contributed by atoms with Gasteiger partial charge in [-0.25, -0.2) is 0 Å². The van der Waals surface area contributed by atoms with Gasteiger partial charge in [-0.2, -0.15) is 0 Å². The summed E-state index contributed by atoms with van der Waals surface area (Å²) < 4.78 is 0. The van der Waals surface area contributed by atoms with E-state index in [-0.39, 0.29) is 0 Å². The highest BCUT2D eigenvalue weighted by atomic mass is 28.3. The topological polar surface area (TPSA) is 26.0 Å². The predicted octanol–water partition coefficient (Wildman–Crippen LogP) is 2.45. The van der Waals surface area contributed by atoms with Gasteiger partial charge in [-0.1, -0.05) is 38.0 Å². The van der Waals surface area contributed by atoms with Crippen LogP contribution in [0.2, 0.25) is 25.2 Å². The molecule has 0 saturated carbocycles. The van der Waals surface area contributed by atoms with Crippen molar-refractivity contribution in [2.75, 3.05) is 6.54 Å². The molecule has 1 nitrogen and oxygen atoms in total. The molecule has 2 N–H and O–H groups in total. The van der Waals surface area contributed by atoms with Crippen molar-refractivity contribution < 1.29 is 0 Å². The van der Waals surface area contributed by atoms with E-state index in [0.717, 1.165) is 12.5 Å². The Morgan fingerprint density at radius 2 is 2.00 bits per heavy atom. The summed E-state index contributed by atoms with van der Waals surface area (Å²) in [5.41, 5.74) is 5.68. The SMILES string of the molecule is C[Si]1(C)CCCC(CN)CC1. The Balaban J connectivity index is 2.39. The zero-order chi connectivity index (χ0) is 8.32. The molecule has 2 heteroatoms. The van der Waals surface area contributed by atoms with E-state index >= 15 is 0 Å². The van der Waals surface area contributed by atoms with Gasteiger partial charge in [0.15, 0.2) is 0 Å². The summed E-state index contributed by atoms with van der Waals surface area (Å²) in [5, 5.41) is 0. The maximum atomic E-state index is 5.68. The van der Waals surface area contributed by atoms with Crippen molar-refractivity contribution in [2.45, 2.75) is 44.4 Å². The third-order valence-electron chi connectivity index (χ3n) is 3.03. The number of hydrogen-bond acceptors (Lipinski definition) is 1. The third-order valence-corrected chi connectivity index (χ3v) is 6.38. The van der Waals surface area contributed by atoms with Crippen LogP contribution in [0.15, 0.2) is 0 Å². The second kappa shape index (κ2) is 3.72. The average Bonchev–Trinajstić information content (AvgIpc) is 2.10. The molecule has 0 aliphatic carbocycles. The Morgan fingerprint density at radius 1 is 1.27 bits per heavy atom. The molecule has 11 heavy (non-hydrogen) atoms. The quantitative estimate of drug-likeness (QED) is 0.603. The highest BCUT2D eigenvalue weighted by Gasteiger charge is 2.25. The molecular formula is C9H21NSi. The first-order valence-corrected chi connectivity index (χ1v) is 8.25. The summed E-state index contributed by atoms with van der Waals surface area (Å²) in [5.74, 6) is 0.851. The molecule has 1 aliphatic heterocycles. The van der Waals surface area contributed by atoms with Crippen LogP contribution >= 0.6 is 0 Å². The highest BCUT2D eigenvalue weighted by molar-refractivity contribution is 6.77. The van der Waals surface area contributed by atoms with E-state index in [1.54, 1.807) is 0 Å². The van der Waals surface area contributed by atoms with Crippen LogP contribution in [0.4, 0.5) is 0 Å². The molecule has 0 aromatic heterocycles. The van der Waals surface area contributed by atoms with Crippen LogP contribution in [0, 0.1) is 5.92 Å². The monoisotopic (exact) mass is 171 g/mol. The van der Waals surface area contributed by atoms with Crippen molar-refractivity contribution in [3.05, 3.63) is 0 Å². The molecule has 1 unspecified atom stereocenters. The van der Waals surface area contributed by atoms with Crippen molar-refractivity contribution >= 4 is 8.07 Å². The fourth-order valence-corrected chi connectivity index (χ4v) is 4.57. The third kappa shape index (κ3) is 2.95. The lowest BCUT2D eigenvalue weighted by atomic mass is 10.0. The Hall–Kier alpha value is 0.177. The fourth-order valence-electron chi connectivity index (χ4n) is 1.97. The van der Waals surface area contributed by atoms with Gasteiger partial charge in [-0.3, -0.25) is 0 Å². The summed E-state index contributed by atoms with van der Waals surface area (Å²) in [4.78, 5) is 0. The average molecular weight is 171 g/mol. The number of nitrogens with two attached hydrogens (primary N) is 1. The molecule has 0 aromatic carbocycles. The van der Waals surface area contributed by atoms with Gasteiger partial charge in [-0.15, -0.1) is 0 Å². The first kappa shape index (κ1) is 9.27. The van der Waals surface area contributed by atoms with Crippen molar-refractivity contribution in [1.29, 1.82) is 0 Å². The van der Waals surface area contributed by atoms with Crippen molar-refractivity contribution in [3.8, 4) is 0 Å². The maximum Gasteiger partial charge on any atom is 0.0473 e. The zero-order valence-corrected chi connectivity index (χ0v) is 8.90. The number of hydrogen-bond donors (Lipinski definition) is 1. The minimum absolute atomic E-state index is 0.754. The Kier molecular flexibility index (Phi) is 3.13. The van der Waals surface area contributed by atoms with Crippen LogP contribution in [-0.4, -0.2) is 14.6 Å². The summed E-state index contributed by atoms with van der Waals surface area (Å²) >= 11 is 0. The lowest BCUT2D eigenvalue weighted by molar-refractivity contribution is 0.484. The lowest BCUT2D eigenvalue weighted by Gasteiger charge is -2.19. The van der Waals surface area contributed by atoms with E-state index in [9.17, 15) is 0 Å². The smallest absolute Gasteiger partial charge is 0.0473 e. The molecular weight excluding hydrogens is 150 g/mol. The van der Waals surface area contributed by atoms with E-state index in [1.165, 1.54) is 31.4 Å². The van der Waals surface area contributed by atoms with Crippen LogP contribution in [-0.2, 0) is 0 Å². The Labute approximate surface area is 71.4 Å². The Bertz CT molecular complexity index is 123. The highest BCUT2D eigenvalue weighted by Crippen LogP contribution is 2.29. The van der Waals surface area contributed by atoms with Crippen molar-refractivity contribution in [3.63, 3.8) is 0 Å². The molecule has 0 radical (unpaired) electrons. The molecule has 0 bridgehead atoms. The molecule has 1 rings (SSSR count). The molecule has 0 spiro atoms. The lowest BCUT2D eigenvalue weighted by Crippen LogP contribution is -2.23. The standard InChI is InChI=1S/C9H21NSi/c1-11(2)6-3-4-9(8-10)5-7-11/h9H,3-8,10H2,1-2H3. The maximum absolute atomic E-state index is 5.68. The largest absolute Gasteiger partial charge is 0.330 e. The first-order valence-electron chi connectivity index (χ1n) is 4.84. The molecule has 1 atom stereocenters. The molecule has 0 amide bonds. The molecule has 1 saturated heterocycles. The van der Waals surface area contributed by atoms with E-state index in [1.807, 2.05) is 0 Å². The zero-order valence-electron chi connectivity index (χ0n) is 7.90. The van der Waals surface area contributed by atoms with Crippen LogP contribution in [0.1, 0.15) is 19.3 Å². The van der Waals surface area contributed by atoms with Crippen LogP contribution in [0.3, 0.4) is 0 Å². The van der Waals surface area contributed by atoms with Gasteiger partial charge in [0.05, 0.1) is 0 Å². The van der Waals surface area contributed by atoms with Gasteiger partial charge in [0.25, 0.3) is 0 Å². The van der Waals surface area contributed by atoms with Gasteiger partial charge >= 0.3 is 0 Å². The second-order valence-electron chi connectivity index (χ2n) is 4.70. The minimum Gasteiger partial charge on any atom is -0.330 e. The second-order valence-corrected chi connectivity index (χ2v) is 10.0. The van der Waals surface area contributed by atoms with Crippen LogP contribution < -0.4 is 5.73 Å². The van der Waals surface area contributed by atoms with Gasteiger partial charge in [-0.05, 0) is 18.9 Å². The molecule has 0 aromatic rings. The van der Waals surface area contributed by atoms with Crippen LogP contribution in [0.25, 0.3) is 0 Å². The van der Waals surface area contributed by atoms with Gasteiger partial charge < -0.3 is 5.73 Å². The molecule has 66 valence electrons. The van der Waals surface area contributed by atoms with Gasteiger partial charge in [0.1, 0.15) is 0 Å². The first-order chi connectivity index (χ1) is 5.14. The van der Waals surface area contributed by atoms with Gasteiger partial charge in [0.2, 0.25) is 0 Å². The van der Waals surface area contributed by atoms with Crippen LogP contribution in [0.5, 0.6) is 0 Å². The molecule has 1 heterocycles. The van der Waals surface area contributed by atoms with Crippen molar-refractivity contribution in [1.82, 2.24) is 0 Å². The summed E-state index contributed by atoms with van der Waals surface area (Å²) in [7, 11) is -0.754. The van der Waals surface area contributed by atoms with Crippen molar-refractivity contribution in [2.24, 2.45) is 11.7 Å². The Morgan fingerprint density at radius 3 is 2.64 bits per heavy atom. The molecule has 1 fully saturated rings. The fraction of sp³-hybridized carbons (Fsp3) is 1.00. The molecule has 1 aliphatic rings. The predicted molar refractivity (Wildman–Crippen MR) is 53.5 cm³/mol. The number of rotatable bonds is 1. The van der Waals surface area contributed by atoms with Gasteiger partial charge in [0, 0.05) is 8.07 Å². The summed E-state index contributed by atoms with van der Waals surface area (Å²) in [6.07, 6.45) is 4.25. The summed E-state index contributed by atoms with van der Waals surface area (Å²) in [6, 6.07) is 3.04. The minimum atomic E-state index is -0.754. The van der Waals surface area contributed by atoms with E-state index < -0.39 is 8.07 Å². The normalized spacial score (nSPS) is 31.4. The van der Waals surface area contributed by atoms with E-state index in [2.05, 4.69) is 13.1 Å². The van der Waals surface area contributed by atoms with E-state index in [0.29, 0.717) is 0 Å². The van der Waals surface area contributed by atoms with E-state index in [4.69, 9.17) is 5.73 Å².